The molecule has 2 aliphatic heterocycles. The maximum atomic E-state index is 13.3. The van der Waals surface area contributed by atoms with Crippen molar-refractivity contribution in [2.45, 2.75) is 84.2 Å². The number of nitrogens with one attached hydrogen (secondary N) is 2. The monoisotopic (exact) mass is 590 g/mol. The van der Waals surface area contributed by atoms with Crippen LogP contribution in [0.2, 0.25) is 0 Å². The van der Waals surface area contributed by atoms with E-state index in [9.17, 15) is 9.59 Å². The third kappa shape index (κ3) is 6.39. The van der Waals surface area contributed by atoms with E-state index in [1.807, 2.05) is 74.5 Å². The smallest absolute Gasteiger partial charge is 0.324 e. The predicted octanol–water partition coefficient (Wildman–Crippen LogP) is 7.45. The number of carbonyl (C=O) groups is 2. The number of anilines is 2. The van der Waals surface area contributed by atoms with Crippen LogP contribution in [0.25, 0.3) is 5.69 Å². The van der Waals surface area contributed by atoms with Gasteiger partial charge in [-0.25, -0.2) is 14.5 Å². The summed E-state index contributed by atoms with van der Waals surface area (Å²) in [5.41, 5.74) is 6.19. The van der Waals surface area contributed by atoms with E-state index in [4.69, 9.17) is 5.10 Å². The maximum absolute atomic E-state index is 13.3. The molecule has 0 aliphatic carbocycles. The Kier molecular flexibility index (Phi) is 8.01. The third-order valence-electron chi connectivity index (χ3n) is 8.91. The van der Waals surface area contributed by atoms with Crippen molar-refractivity contribution in [2.75, 3.05) is 10.6 Å². The average molecular weight is 591 g/mol. The fourth-order valence-corrected chi connectivity index (χ4v) is 6.64. The van der Waals surface area contributed by atoms with Crippen LogP contribution in [0.4, 0.5) is 16.3 Å². The summed E-state index contributed by atoms with van der Waals surface area (Å²) in [7, 11) is 0. The largest absolute Gasteiger partial charge is 0.331 e. The van der Waals surface area contributed by atoms with E-state index in [0.717, 1.165) is 60.4 Å². The Morgan fingerprint density at radius 3 is 2.20 bits per heavy atom. The standard InChI is InChI=1S/C36H42N6O2/c1-23-9-15-28(16-10-23)42-33(22-32(40-42)36(3,4)5)39-35(44)38-27-13-11-25(12-14-27)19-26-20-29-17-18-30(21-26)41(29)34(43)31-8-6-7-24(2)37-31/h6-16,22,26,29-30H,17-21H2,1-5H3,(H2,38,39,44). The van der Waals surface area contributed by atoms with Gasteiger partial charge in [0.25, 0.3) is 5.91 Å². The van der Waals surface area contributed by atoms with Crippen LogP contribution in [-0.2, 0) is 11.8 Å². The number of carbonyl (C=O) groups excluding carboxylic acids is 2. The molecule has 2 atom stereocenters. The molecule has 8 heteroatoms. The van der Waals surface area contributed by atoms with Crippen LogP contribution < -0.4 is 10.6 Å². The van der Waals surface area contributed by atoms with Gasteiger partial charge in [-0.05, 0) is 93.8 Å². The number of benzene rings is 2. The molecule has 0 radical (unpaired) electrons. The summed E-state index contributed by atoms with van der Waals surface area (Å²) in [4.78, 5) is 32.9. The molecule has 0 saturated carbocycles. The molecule has 2 unspecified atom stereocenters. The summed E-state index contributed by atoms with van der Waals surface area (Å²) in [6.07, 6.45) is 5.13. The van der Waals surface area contributed by atoms with Gasteiger partial charge in [-0.2, -0.15) is 5.10 Å². The van der Waals surface area contributed by atoms with Gasteiger partial charge in [-0.3, -0.25) is 10.1 Å². The van der Waals surface area contributed by atoms with Crippen molar-refractivity contribution in [3.8, 4) is 5.69 Å². The molecular weight excluding hydrogens is 548 g/mol. The number of fused-ring (bicyclic) bond motifs is 2. The number of hydrogen-bond acceptors (Lipinski definition) is 4. The summed E-state index contributed by atoms with van der Waals surface area (Å²) in [5, 5.41) is 10.8. The van der Waals surface area contributed by atoms with Crippen molar-refractivity contribution in [1.82, 2.24) is 19.7 Å². The molecule has 4 heterocycles. The van der Waals surface area contributed by atoms with E-state index in [2.05, 4.69) is 53.4 Å². The zero-order valence-corrected chi connectivity index (χ0v) is 26.3. The molecule has 6 rings (SSSR count). The number of pyridine rings is 1. The first-order valence-corrected chi connectivity index (χ1v) is 15.6. The fourth-order valence-electron chi connectivity index (χ4n) is 6.64. The Morgan fingerprint density at radius 1 is 0.886 bits per heavy atom. The minimum atomic E-state index is -0.316. The van der Waals surface area contributed by atoms with E-state index < -0.39 is 0 Å². The van der Waals surface area contributed by atoms with Crippen molar-refractivity contribution in [2.24, 2.45) is 5.92 Å². The quantitative estimate of drug-likeness (QED) is 0.244. The van der Waals surface area contributed by atoms with Gasteiger partial charge >= 0.3 is 6.03 Å². The highest BCUT2D eigenvalue weighted by Crippen LogP contribution is 2.40. The Bertz CT molecular complexity index is 1640. The fraction of sp³-hybridized carbons (Fsp3) is 0.389. The Morgan fingerprint density at radius 2 is 1.57 bits per heavy atom. The van der Waals surface area contributed by atoms with Gasteiger partial charge in [-0.1, -0.05) is 56.7 Å². The van der Waals surface area contributed by atoms with Crippen molar-refractivity contribution in [3.63, 3.8) is 0 Å². The predicted molar refractivity (Wildman–Crippen MR) is 174 cm³/mol. The highest BCUT2D eigenvalue weighted by molar-refractivity contribution is 5.99. The molecule has 4 aromatic rings. The Hall–Kier alpha value is -4.46. The van der Waals surface area contributed by atoms with Crippen molar-refractivity contribution in [3.05, 3.63) is 101 Å². The Labute approximate surface area is 259 Å². The lowest BCUT2D eigenvalue weighted by molar-refractivity contribution is 0.0518. The number of hydrogen-bond donors (Lipinski definition) is 2. The average Bonchev–Trinajstić information content (AvgIpc) is 3.52. The molecule has 2 N–H and O–H groups in total. The lowest BCUT2D eigenvalue weighted by Crippen LogP contribution is -2.47. The van der Waals surface area contributed by atoms with E-state index in [1.54, 1.807) is 4.68 Å². The summed E-state index contributed by atoms with van der Waals surface area (Å²) < 4.78 is 1.78. The number of amides is 3. The second-order valence-corrected chi connectivity index (χ2v) is 13.5. The topological polar surface area (TPSA) is 92.2 Å². The summed E-state index contributed by atoms with van der Waals surface area (Å²) in [6, 6.07) is 24.1. The van der Waals surface area contributed by atoms with Gasteiger partial charge in [-0.15, -0.1) is 0 Å². The number of aromatic nitrogens is 3. The lowest BCUT2D eigenvalue weighted by atomic mass is 9.85. The van der Waals surface area contributed by atoms with Crippen LogP contribution in [-0.4, -0.2) is 43.7 Å². The molecule has 2 saturated heterocycles. The molecular formula is C36H42N6O2. The SMILES string of the molecule is Cc1ccc(-n2nc(C(C)(C)C)cc2NC(=O)Nc2ccc(CC3CC4CCC(C3)N4C(=O)c3cccc(C)n3)cc2)cc1. The molecule has 2 aromatic carbocycles. The van der Waals surface area contributed by atoms with Gasteiger partial charge in [0, 0.05) is 34.9 Å². The van der Waals surface area contributed by atoms with Gasteiger partial charge in [0.05, 0.1) is 11.4 Å². The minimum Gasteiger partial charge on any atom is -0.331 e. The van der Waals surface area contributed by atoms with Crippen molar-refractivity contribution >= 4 is 23.4 Å². The minimum absolute atomic E-state index is 0.0740. The number of aryl methyl sites for hydroxylation is 2. The summed E-state index contributed by atoms with van der Waals surface area (Å²) in [6.45, 7) is 10.3. The number of piperidine rings is 1. The molecule has 228 valence electrons. The van der Waals surface area contributed by atoms with Crippen LogP contribution in [0, 0.1) is 19.8 Å². The highest BCUT2D eigenvalue weighted by Gasteiger charge is 2.43. The first kappa shape index (κ1) is 29.6. The zero-order chi connectivity index (χ0) is 31.0. The van der Waals surface area contributed by atoms with Crippen LogP contribution >= 0.6 is 0 Å². The number of nitrogens with zero attached hydrogens (tertiary/aromatic N) is 4. The molecule has 3 amide bonds. The van der Waals surface area contributed by atoms with Crippen LogP contribution in [0.1, 0.15) is 79.5 Å². The number of rotatable bonds is 6. The zero-order valence-electron chi connectivity index (χ0n) is 26.3. The van der Waals surface area contributed by atoms with Gasteiger partial charge < -0.3 is 10.2 Å². The molecule has 0 spiro atoms. The normalized spacial score (nSPS) is 19.6. The van der Waals surface area contributed by atoms with E-state index in [0.29, 0.717) is 17.4 Å². The second-order valence-electron chi connectivity index (χ2n) is 13.5. The second kappa shape index (κ2) is 11.9. The highest BCUT2D eigenvalue weighted by atomic mass is 16.2. The van der Waals surface area contributed by atoms with E-state index >= 15 is 0 Å². The van der Waals surface area contributed by atoms with Crippen LogP contribution in [0.15, 0.2) is 72.8 Å². The molecule has 44 heavy (non-hydrogen) atoms. The molecule has 2 fully saturated rings. The molecule has 2 bridgehead atoms. The third-order valence-corrected chi connectivity index (χ3v) is 8.91. The van der Waals surface area contributed by atoms with Gasteiger partial charge in [0.2, 0.25) is 0 Å². The van der Waals surface area contributed by atoms with Crippen molar-refractivity contribution in [1.29, 1.82) is 0 Å². The molecule has 8 nitrogen and oxygen atoms in total. The van der Waals surface area contributed by atoms with E-state index in [-0.39, 0.29) is 29.4 Å². The lowest BCUT2D eigenvalue weighted by Gasteiger charge is -2.39. The van der Waals surface area contributed by atoms with Crippen molar-refractivity contribution < 1.29 is 9.59 Å². The Balaban J connectivity index is 1.07. The van der Waals surface area contributed by atoms with Gasteiger partial charge in [0.1, 0.15) is 11.5 Å². The van der Waals surface area contributed by atoms with E-state index in [1.165, 1.54) is 5.56 Å². The summed E-state index contributed by atoms with van der Waals surface area (Å²) in [5.74, 6) is 1.22. The molecule has 2 aliphatic rings. The first-order chi connectivity index (χ1) is 21.0. The number of urea groups is 1. The maximum Gasteiger partial charge on any atom is 0.324 e. The van der Waals surface area contributed by atoms with Crippen LogP contribution in [0.5, 0.6) is 0 Å². The first-order valence-electron chi connectivity index (χ1n) is 15.6. The van der Waals surface area contributed by atoms with Gasteiger partial charge in [0.15, 0.2) is 0 Å². The summed E-state index contributed by atoms with van der Waals surface area (Å²) >= 11 is 0. The van der Waals surface area contributed by atoms with Crippen LogP contribution in [0.3, 0.4) is 0 Å². The molecule has 2 aromatic heterocycles.